The summed E-state index contributed by atoms with van der Waals surface area (Å²) in [6, 6.07) is 5.76. The monoisotopic (exact) mass is 304 g/mol. The van der Waals surface area contributed by atoms with Gasteiger partial charge in [0.1, 0.15) is 9.84 Å². The molecule has 0 bridgehead atoms. The van der Waals surface area contributed by atoms with Gasteiger partial charge in [-0.15, -0.1) is 0 Å². The number of carboxylic acid groups (broad SMARTS) is 1. The standard InChI is InChI=1S/C12H16O5S2/c1-2-19(16,17)9-3-8-18(15)11-6-4-10(5-7-11)12(13)14/h4-7H,2-3,8-9H2,1H3,(H,13,14). The number of carboxylic acids is 1. The van der Waals surface area contributed by atoms with E-state index in [1.54, 1.807) is 6.92 Å². The second kappa shape index (κ2) is 6.81. The molecule has 1 N–H and O–H groups in total. The molecule has 19 heavy (non-hydrogen) atoms. The van der Waals surface area contributed by atoms with Crippen LogP contribution in [0.4, 0.5) is 0 Å². The molecule has 1 unspecified atom stereocenters. The van der Waals surface area contributed by atoms with E-state index in [1.807, 2.05) is 0 Å². The van der Waals surface area contributed by atoms with Gasteiger partial charge in [-0.25, -0.2) is 13.2 Å². The third-order valence-electron chi connectivity index (χ3n) is 2.59. The number of rotatable bonds is 7. The van der Waals surface area contributed by atoms with Gasteiger partial charge in [-0.05, 0) is 30.7 Å². The highest BCUT2D eigenvalue weighted by Crippen LogP contribution is 2.10. The zero-order chi connectivity index (χ0) is 14.5. The average molecular weight is 304 g/mol. The van der Waals surface area contributed by atoms with E-state index in [-0.39, 0.29) is 22.8 Å². The molecule has 1 rings (SSSR count). The average Bonchev–Trinajstić information content (AvgIpc) is 2.38. The van der Waals surface area contributed by atoms with Crippen LogP contribution in [0.25, 0.3) is 0 Å². The van der Waals surface area contributed by atoms with Gasteiger partial charge < -0.3 is 5.11 Å². The lowest BCUT2D eigenvalue weighted by Crippen LogP contribution is -2.11. The van der Waals surface area contributed by atoms with Crippen LogP contribution in [0.15, 0.2) is 29.2 Å². The third kappa shape index (κ3) is 5.12. The Bertz CT molecular complexity index is 560. The lowest BCUT2D eigenvalue weighted by molar-refractivity contribution is 0.0697. The van der Waals surface area contributed by atoms with Crippen LogP contribution >= 0.6 is 0 Å². The Morgan fingerprint density at radius 3 is 2.32 bits per heavy atom. The maximum atomic E-state index is 11.9. The lowest BCUT2D eigenvalue weighted by Gasteiger charge is -2.03. The van der Waals surface area contributed by atoms with E-state index < -0.39 is 26.6 Å². The van der Waals surface area contributed by atoms with Crippen molar-refractivity contribution in [1.82, 2.24) is 0 Å². The SMILES string of the molecule is CCS(=O)(=O)CCCS(=O)c1ccc(C(=O)O)cc1. The number of hydrogen-bond acceptors (Lipinski definition) is 4. The molecule has 1 atom stereocenters. The molecule has 1 aromatic rings. The quantitative estimate of drug-likeness (QED) is 0.820. The predicted molar refractivity (Wildman–Crippen MR) is 73.6 cm³/mol. The number of benzene rings is 1. The van der Waals surface area contributed by atoms with Crippen molar-refractivity contribution in [3.05, 3.63) is 29.8 Å². The van der Waals surface area contributed by atoms with E-state index in [4.69, 9.17) is 5.11 Å². The number of sulfone groups is 1. The summed E-state index contributed by atoms with van der Waals surface area (Å²) in [4.78, 5) is 11.2. The van der Waals surface area contributed by atoms with Crippen LogP contribution in [0.3, 0.4) is 0 Å². The molecule has 0 aromatic heterocycles. The summed E-state index contributed by atoms with van der Waals surface area (Å²) in [5.41, 5.74) is 0.134. The molecule has 0 heterocycles. The molecule has 1 aromatic carbocycles. The summed E-state index contributed by atoms with van der Waals surface area (Å²) in [6.07, 6.45) is 0.337. The van der Waals surface area contributed by atoms with Crippen molar-refractivity contribution >= 4 is 26.6 Å². The summed E-state index contributed by atoms with van der Waals surface area (Å²) in [5.74, 6) is -0.660. The fraction of sp³-hybridized carbons (Fsp3) is 0.417. The van der Waals surface area contributed by atoms with E-state index in [2.05, 4.69) is 0 Å². The van der Waals surface area contributed by atoms with Gasteiger partial charge in [-0.2, -0.15) is 0 Å². The summed E-state index contributed by atoms with van der Waals surface area (Å²) in [7, 11) is -4.33. The molecule has 7 heteroatoms. The topological polar surface area (TPSA) is 88.5 Å². The molecular weight excluding hydrogens is 288 g/mol. The van der Waals surface area contributed by atoms with Gasteiger partial charge in [0.15, 0.2) is 0 Å². The zero-order valence-electron chi connectivity index (χ0n) is 10.5. The van der Waals surface area contributed by atoms with Crippen molar-refractivity contribution in [2.45, 2.75) is 18.2 Å². The molecule has 0 saturated carbocycles. The summed E-state index contributed by atoms with van der Waals surface area (Å²) in [6.45, 7) is 1.58. The van der Waals surface area contributed by atoms with Crippen LogP contribution in [-0.4, -0.2) is 41.0 Å². The highest BCUT2D eigenvalue weighted by molar-refractivity contribution is 7.91. The zero-order valence-corrected chi connectivity index (χ0v) is 12.2. The van der Waals surface area contributed by atoms with E-state index in [0.717, 1.165) is 0 Å². The minimum absolute atomic E-state index is 0.0302. The van der Waals surface area contributed by atoms with E-state index in [0.29, 0.717) is 11.3 Å². The normalized spacial score (nSPS) is 13.1. The van der Waals surface area contributed by atoms with Crippen LogP contribution < -0.4 is 0 Å². The van der Waals surface area contributed by atoms with Crippen molar-refractivity contribution in [2.24, 2.45) is 0 Å². The van der Waals surface area contributed by atoms with Gasteiger partial charge in [0.05, 0.1) is 22.1 Å². The van der Waals surface area contributed by atoms with Gasteiger partial charge in [-0.1, -0.05) is 6.92 Å². The van der Waals surface area contributed by atoms with Gasteiger partial charge in [0, 0.05) is 16.4 Å². The van der Waals surface area contributed by atoms with Crippen LogP contribution in [-0.2, 0) is 20.6 Å². The maximum Gasteiger partial charge on any atom is 0.335 e. The Morgan fingerprint density at radius 2 is 1.84 bits per heavy atom. The Hall–Kier alpha value is -1.21. The Morgan fingerprint density at radius 1 is 1.26 bits per heavy atom. The predicted octanol–water partition coefficient (Wildman–Crippen LogP) is 1.32. The minimum Gasteiger partial charge on any atom is -0.478 e. The first-order valence-corrected chi connectivity index (χ1v) is 8.92. The van der Waals surface area contributed by atoms with Crippen LogP contribution in [0.2, 0.25) is 0 Å². The largest absolute Gasteiger partial charge is 0.478 e. The second-order valence-corrected chi connectivity index (χ2v) is 8.01. The van der Waals surface area contributed by atoms with E-state index >= 15 is 0 Å². The Balaban J connectivity index is 2.57. The first-order chi connectivity index (χ1) is 8.85. The fourth-order valence-electron chi connectivity index (χ4n) is 1.42. The van der Waals surface area contributed by atoms with Gasteiger partial charge in [-0.3, -0.25) is 4.21 Å². The molecule has 5 nitrogen and oxygen atoms in total. The molecule has 0 spiro atoms. The molecular formula is C12H16O5S2. The van der Waals surface area contributed by atoms with Crippen molar-refractivity contribution < 1.29 is 22.5 Å². The van der Waals surface area contributed by atoms with Crippen LogP contribution in [0, 0.1) is 0 Å². The fourth-order valence-corrected chi connectivity index (χ4v) is 3.56. The molecule has 106 valence electrons. The number of aromatic carboxylic acids is 1. The van der Waals surface area contributed by atoms with E-state index in [1.165, 1.54) is 24.3 Å². The number of carbonyl (C=O) groups is 1. The lowest BCUT2D eigenvalue weighted by atomic mass is 10.2. The van der Waals surface area contributed by atoms with Gasteiger partial charge in [0.2, 0.25) is 0 Å². The van der Waals surface area contributed by atoms with Crippen molar-refractivity contribution in [3.8, 4) is 0 Å². The smallest absolute Gasteiger partial charge is 0.335 e. The van der Waals surface area contributed by atoms with E-state index in [9.17, 15) is 17.4 Å². The molecule has 0 fully saturated rings. The molecule has 0 aliphatic carbocycles. The third-order valence-corrected chi connectivity index (χ3v) is 5.84. The Kier molecular flexibility index (Phi) is 5.68. The second-order valence-electron chi connectivity index (χ2n) is 3.97. The van der Waals surface area contributed by atoms with Crippen molar-refractivity contribution in [3.63, 3.8) is 0 Å². The molecule has 0 amide bonds. The summed E-state index contributed by atoms with van der Waals surface area (Å²) >= 11 is 0. The van der Waals surface area contributed by atoms with Crippen molar-refractivity contribution in [2.75, 3.05) is 17.3 Å². The summed E-state index contributed by atoms with van der Waals surface area (Å²) < 4.78 is 34.4. The highest BCUT2D eigenvalue weighted by atomic mass is 32.2. The van der Waals surface area contributed by atoms with Gasteiger partial charge >= 0.3 is 5.97 Å². The molecule has 0 aliphatic rings. The molecule has 0 radical (unpaired) electrons. The van der Waals surface area contributed by atoms with Crippen LogP contribution in [0.1, 0.15) is 23.7 Å². The number of hydrogen-bond donors (Lipinski definition) is 1. The molecule has 0 aliphatic heterocycles. The molecule has 0 saturated heterocycles. The van der Waals surface area contributed by atoms with Crippen molar-refractivity contribution in [1.29, 1.82) is 0 Å². The first kappa shape index (κ1) is 15.8. The van der Waals surface area contributed by atoms with Crippen LogP contribution in [0.5, 0.6) is 0 Å². The summed E-state index contributed by atoms with van der Waals surface area (Å²) in [5, 5.41) is 8.73. The minimum atomic E-state index is -3.03. The maximum absolute atomic E-state index is 11.9. The van der Waals surface area contributed by atoms with Gasteiger partial charge in [0.25, 0.3) is 0 Å². The Labute approximate surface area is 115 Å². The first-order valence-electron chi connectivity index (χ1n) is 5.78. The highest BCUT2D eigenvalue weighted by Gasteiger charge is 2.10.